The Morgan fingerprint density at radius 3 is 2.33 bits per heavy atom. The highest BCUT2D eigenvalue weighted by Crippen LogP contribution is 2.18. The second kappa shape index (κ2) is 3.42. The maximum atomic E-state index is 10.7. The first-order valence-corrected chi connectivity index (χ1v) is 3.50. The smallest absolute Gasteiger partial charge is 0.326 e. The van der Waals surface area contributed by atoms with E-state index in [9.17, 15) is 9.59 Å². The van der Waals surface area contributed by atoms with Gasteiger partial charge >= 0.3 is 12.0 Å². The Morgan fingerprint density at radius 2 is 2.08 bits per heavy atom. The lowest BCUT2D eigenvalue weighted by molar-refractivity contribution is -0.141. The van der Waals surface area contributed by atoms with Crippen molar-refractivity contribution in [1.29, 1.82) is 0 Å². The van der Waals surface area contributed by atoms with E-state index in [2.05, 4.69) is 5.32 Å². The van der Waals surface area contributed by atoms with Crippen molar-refractivity contribution in [1.82, 2.24) is 5.32 Å². The van der Waals surface area contributed by atoms with Gasteiger partial charge in [0.15, 0.2) is 1.41 Å². The molecule has 0 aromatic carbocycles. The van der Waals surface area contributed by atoms with E-state index in [0.717, 1.165) is 0 Å². The Bertz CT molecular complexity index is 212. The number of urea groups is 1. The highest BCUT2D eigenvalue weighted by molar-refractivity contribution is 5.82. The molecule has 0 aliphatic rings. The van der Waals surface area contributed by atoms with Crippen molar-refractivity contribution in [2.24, 2.45) is 11.1 Å². The highest BCUT2D eigenvalue weighted by Gasteiger charge is 2.31. The summed E-state index contributed by atoms with van der Waals surface area (Å²) >= 11 is 0. The number of hydrogen-bond donors (Lipinski definition) is 3. The normalized spacial score (nSPS) is 14.4. The molecule has 0 bridgehead atoms. The van der Waals surface area contributed by atoms with E-state index < -0.39 is 23.5 Å². The molecule has 5 heteroatoms. The van der Waals surface area contributed by atoms with Crippen molar-refractivity contribution >= 4 is 12.0 Å². The summed E-state index contributed by atoms with van der Waals surface area (Å²) in [5.74, 6) is -1.11. The summed E-state index contributed by atoms with van der Waals surface area (Å²) in [5.41, 5.74) is 0.974. The fourth-order valence-corrected chi connectivity index (χ4v) is 0.780. The molecule has 0 unspecified atom stereocenters. The summed E-state index contributed by atoms with van der Waals surface area (Å²) in [6.45, 7) is 5.07. The lowest BCUT2D eigenvalue weighted by Gasteiger charge is -2.26. The third-order valence-electron chi connectivity index (χ3n) is 1.39. The van der Waals surface area contributed by atoms with E-state index >= 15 is 0 Å². The third kappa shape index (κ3) is 3.23. The minimum atomic E-state index is -1.11. The predicted molar refractivity (Wildman–Crippen MR) is 43.6 cm³/mol. The van der Waals surface area contributed by atoms with Crippen LogP contribution in [0.25, 0.3) is 0 Å². The lowest BCUT2D eigenvalue weighted by Crippen LogP contribution is -2.50. The molecule has 0 heterocycles. The molecule has 0 radical (unpaired) electrons. The number of carboxylic acid groups (broad SMARTS) is 1. The third-order valence-corrected chi connectivity index (χ3v) is 1.39. The van der Waals surface area contributed by atoms with Gasteiger partial charge in [-0.25, -0.2) is 9.59 Å². The van der Waals surface area contributed by atoms with E-state index in [4.69, 9.17) is 6.52 Å². The molecule has 12 heavy (non-hydrogen) atoms. The van der Waals surface area contributed by atoms with Crippen LogP contribution in [0.4, 0.5) is 4.79 Å². The summed E-state index contributed by atoms with van der Waals surface area (Å²) in [6, 6.07) is -1.82. The number of carbonyl (C=O) groups excluding carboxylic acids is 1. The second-order valence-electron chi connectivity index (χ2n) is 3.61. The van der Waals surface area contributed by atoms with E-state index in [1.54, 1.807) is 26.5 Å². The molecule has 0 saturated carbocycles. The fraction of sp³-hybridized carbons (Fsp3) is 0.714. The maximum absolute atomic E-state index is 10.7. The van der Waals surface area contributed by atoms with Gasteiger partial charge in [0.25, 0.3) is 0 Å². The van der Waals surface area contributed by atoms with Gasteiger partial charge in [-0.15, -0.1) is 0 Å². The van der Waals surface area contributed by atoms with E-state index in [1.807, 2.05) is 0 Å². The van der Waals surface area contributed by atoms with Crippen LogP contribution >= 0.6 is 0 Å². The van der Waals surface area contributed by atoms with Crippen LogP contribution in [0.3, 0.4) is 0 Å². The SMILES string of the molecule is [2H]NC(=O)N[C@H](C(=O)O)C(C)(C)C. The topological polar surface area (TPSA) is 92.4 Å². The number of hydrogen-bond acceptors (Lipinski definition) is 2. The van der Waals surface area contributed by atoms with Gasteiger partial charge in [-0.3, -0.25) is 0 Å². The molecular weight excluding hydrogens is 160 g/mol. The number of nitrogens with one attached hydrogen (secondary N) is 1. The van der Waals surface area contributed by atoms with Crippen molar-refractivity contribution in [3.05, 3.63) is 0 Å². The Hall–Kier alpha value is -1.26. The van der Waals surface area contributed by atoms with Gasteiger partial charge in [0, 0.05) is 0 Å². The van der Waals surface area contributed by atoms with Crippen LogP contribution < -0.4 is 11.0 Å². The van der Waals surface area contributed by atoms with Crippen molar-refractivity contribution in [3.63, 3.8) is 0 Å². The summed E-state index contributed by atoms with van der Waals surface area (Å²) in [4.78, 5) is 21.4. The Labute approximate surface area is 72.4 Å². The van der Waals surface area contributed by atoms with Gasteiger partial charge in [0.05, 0.1) is 0 Å². The lowest BCUT2D eigenvalue weighted by atomic mass is 9.87. The van der Waals surface area contributed by atoms with Gasteiger partial charge in [-0.1, -0.05) is 20.8 Å². The average molecular weight is 175 g/mol. The minimum absolute atomic E-state index is 0.585. The fourth-order valence-electron chi connectivity index (χ4n) is 0.780. The van der Waals surface area contributed by atoms with Crippen molar-refractivity contribution < 1.29 is 16.1 Å². The molecule has 70 valence electrons. The van der Waals surface area contributed by atoms with E-state index in [0.29, 0.717) is 0 Å². The number of aliphatic carboxylic acids is 1. The number of carboxylic acids is 1. The number of rotatable bonds is 2. The van der Waals surface area contributed by atoms with Crippen molar-refractivity contribution in [3.8, 4) is 0 Å². The summed E-state index contributed by atoms with van der Waals surface area (Å²) in [6.07, 6.45) is 0. The maximum Gasteiger partial charge on any atom is 0.326 e. The summed E-state index contributed by atoms with van der Waals surface area (Å²) in [5, 5.41) is 10.9. The Morgan fingerprint density at radius 1 is 1.58 bits per heavy atom. The standard InChI is InChI=1S/C7H14N2O3/c1-7(2,3)4(5(10)11)9-6(8)12/h4H,1-3H3,(H,10,11)(H3,8,9,12)/t4-/m1/s1/i/hD. The first-order valence-electron chi connectivity index (χ1n) is 4.00. The molecule has 0 aromatic heterocycles. The van der Waals surface area contributed by atoms with E-state index in [1.165, 1.54) is 0 Å². The zero-order chi connectivity index (χ0) is 10.6. The molecule has 0 fully saturated rings. The van der Waals surface area contributed by atoms with Crippen molar-refractivity contribution in [2.75, 3.05) is 0 Å². The molecule has 0 rings (SSSR count). The van der Waals surface area contributed by atoms with Gasteiger partial charge in [0.2, 0.25) is 0 Å². The first-order chi connectivity index (χ1) is 5.79. The molecule has 0 aliphatic heterocycles. The molecule has 5 nitrogen and oxygen atoms in total. The van der Waals surface area contributed by atoms with Crippen LogP contribution in [-0.2, 0) is 4.79 Å². The zero-order valence-corrected chi connectivity index (χ0v) is 7.34. The molecule has 0 aromatic rings. The van der Waals surface area contributed by atoms with Crippen LogP contribution in [0.15, 0.2) is 0 Å². The number of amides is 2. The van der Waals surface area contributed by atoms with E-state index in [-0.39, 0.29) is 0 Å². The van der Waals surface area contributed by atoms with Crippen LogP contribution in [-0.4, -0.2) is 23.1 Å². The van der Waals surface area contributed by atoms with Gasteiger partial charge in [0.1, 0.15) is 6.04 Å². The van der Waals surface area contributed by atoms with Crippen LogP contribution in [0.1, 0.15) is 20.8 Å². The average Bonchev–Trinajstić information content (AvgIpc) is 1.96. The van der Waals surface area contributed by atoms with Crippen LogP contribution in [0.5, 0.6) is 0 Å². The predicted octanol–water partition coefficient (Wildman–Crippen LogP) is 0.154. The Balaban J connectivity index is 4.46. The van der Waals surface area contributed by atoms with Crippen LogP contribution in [0.2, 0.25) is 1.41 Å². The monoisotopic (exact) mass is 175 g/mol. The largest absolute Gasteiger partial charge is 0.480 e. The number of carbonyl (C=O) groups is 2. The molecule has 2 amide bonds. The molecule has 1 atom stereocenters. The number of primary amides is 1. The Kier molecular flexibility index (Phi) is 2.52. The summed E-state index contributed by atoms with van der Waals surface area (Å²) in [7, 11) is 0. The van der Waals surface area contributed by atoms with Crippen molar-refractivity contribution in [2.45, 2.75) is 26.8 Å². The van der Waals surface area contributed by atoms with Gasteiger partial charge < -0.3 is 16.2 Å². The molecule has 4 N–H and O–H groups in total. The molecule has 0 spiro atoms. The van der Waals surface area contributed by atoms with Gasteiger partial charge in [-0.2, -0.15) is 0 Å². The molecule has 0 aliphatic carbocycles. The second-order valence-corrected chi connectivity index (χ2v) is 3.61. The van der Waals surface area contributed by atoms with Crippen LogP contribution in [0, 0.1) is 5.41 Å². The quantitative estimate of drug-likeness (QED) is 0.558. The summed E-state index contributed by atoms with van der Waals surface area (Å²) < 4.78 is 6.49. The molecule has 0 saturated heterocycles. The minimum Gasteiger partial charge on any atom is -0.480 e. The molecular formula is C7H14N2O3. The first kappa shape index (κ1) is 8.83. The zero-order valence-electron chi connectivity index (χ0n) is 8.34. The highest BCUT2D eigenvalue weighted by atomic mass is 16.4. The van der Waals surface area contributed by atoms with Gasteiger partial charge in [-0.05, 0) is 5.41 Å². The number of nitrogens with two attached hydrogens (primary N) is 1.